The molecular formula is C9H24N4. The van der Waals surface area contributed by atoms with Crippen LogP contribution in [0.25, 0.3) is 0 Å². The number of hydrogen-bond donors (Lipinski definition) is 3. The van der Waals surface area contributed by atoms with Gasteiger partial charge >= 0.3 is 0 Å². The molecule has 80 valence electrons. The van der Waals surface area contributed by atoms with Crippen molar-refractivity contribution in [1.82, 2.24) is 4.90 Å². The molecule has 0 aliphatic rings. The lowest BCUT2D eigenvalue weighted by atomic mass is 10.0. The van der Waals surface area contributed by atoms with Crippen LogP contribution in [0.15, 0.2) is 0 Å². The SMILES string of the molecule is CCC(N)C(N)C(N)N(CC)CC. The molecule has 6 N–H and O–H groups in total. The Balaban J connectivity index is 4.13. The molecule has 13 heavy (non-hydrogen) atoms. The third-order valence-electron chi connectivity index (χ3n) is 2.59. The molecule has 0 saturated heterocycles. The van der Waals surface area contributed by atoms with Gasteiger partial charge in [-0.25, -0.2) is 0 Å². The molecule has 4 heteroatoms. The second kappa shape index (κ2) is 6.32. The minimum atomic E-state index is -0.134. The smallest absolute Gasteiger partial charge is 0.0743 e. The average Bonchev–Trinajstić information content (AvgIpc) is 2.17. The highest BCUT2D eigenvalue weighted by Crippen LogP contribution is 2.02. The van der Waals surface area contributed by atoms with Crippen LogP contribution in [0.3, 0.4) is 0 Å². The first-order valence-electron chi connectivity index (χ1n) is 5.09. The van der Waals surface area contributed by atoms with Crippen LogP contribution in [0.4, 0.5) is 0 Å². The number of nitrogens with two attached hydrogens (primary N) is 3. The van der Waals surface area contributed by atoms with E-state index in [1.165, 1.54) is 0 Å². The maximum Gasteiger partial charge on any atom is 0.0743 e. The van der Waals surface area contributed by atoms with Crippen molar-refractivity contribution in [1.29, 1.82) is 0 Å². The van der Waals surface area contributed by atoms with Gasteiger partial charge in [0.1, 0.15) is 0 Å². The topological polar surface area (TPSA) is 81.3 Å². The lowest BCUT2D eigenvalue weighted by molar-refractivity contribution is 0.179. The summed E-state index contributed by atoms with van der Waals surface area (Å²) >= 11 is 0. The maximum absolute atomic E-state index is 5.98. The van der Waals surface area contributed by atoms with Gasteiger partial charge in [0.2, 0.25) is 0 Å². The van der Waals surface area contributed by atoms with Crippen molar-refractivity contribution in [3.63, 3.8) is 0 Å². The lowest BCUT2D eigenvalue weighted by Crippen LogP contribution is -2.60. The van der Waals surface area contributed by atoms with E-state index in [2.05, 4.69) is 18.7 Å². The van der Waals surface area contributed by atoms with Crippen LogP contribution in [0, 0.1) is 0 Å². The fourth-order valence-corrected chi connectivity index (χ4v) is 1.41. The van der Waals surface area contributed by atoms with E-state index in [1.54, 1.807) is 0 Å². The highest BCUT2D eigenvalue weighted by Gasteiger charge is 2.22. The van der Waals surface area contributed by atoms with Gasteiger partial charge in [-0.2, -0.15) is 0 Å². The van der Waals surface area contributed by atoms with E-state index in [0.717, 1.165) is 19.5 Å². The van der Waals surface area contributed by atoms with E-state index in [9.17, 15) is 0 Å². The minimum absolute atomic E-state index is 0.00407. The molecular weight excluding hydrogens is 164 g/mol. The largest absolute Gasteiger partial charge is 0.326 e. The Bertz CT molecular complexity index is 125. The van der Waals surface area contributed by atoms with Crippen LogP contribution in [-0.2, 0) is 0 Å². The van der Waals surface area contributed by atoms with Gasteiger partial charge in [0, 0.05) is 12.1 Å². The number of rotatable bonds is 6. The summed E-state index contributed by atoms with van der Waals surface area (Å²) in [5, 5.41) is 0. The Kier molecular flexibility index (Phi) is 6.24. The second-order valence-electron chi connectivity index (χ2n) is 3.36. The first-order chi connectivity index (χ1) is 6.08. The van der Waals surface area contributed by atoms with Crippen molar-refractivity contribution in [3.05, 3.63) is 0 Å². The van der Waals surface area contributed by atoms with Gasteiger partial charge in [-0.3, -0.25) is 4.90 Å². The third-order valence-corrected chi connectivity index (χ3v) is 2.59. The van der Waals surface area contributed by atoms with Crippen molar-refractivity contribution in [2.75, 3.05) is 13.1 Å². The summed E-state index contributed by atoms with van der Waals surface area (Å²) in [6.45, 7) is 8.02. The highest BCUT2D eigenvalue weighted by molar-refractivity contribution is 4.84. The van der Waals surface area contributed by atoms with Gasteiger partial charge in [0.05, 0.1) is 6.17 Å². The summed E-state index contributed by atoms with van der Waals surface area (Å²) in [5.41, 5.74) is 17.7. The summed E-state index contributed by atoms with van der Waals surface area (Å²) in [6, 6.07) is -0.138. The Hall–Kier alpha value is -0.160. The lowest BCUT2D eigenvalue weighted by Gasteiger charge is -2.33. The molecule has 0 fully saturated rings. The Morgan fingerprint density at radius 1 is 1.00 bits per heavy atom. The number of hydrogen-bond acceptors (Lipinski definition) is 4. The third kappa shape index (κ3) is 3.60. The molecule has 0 aliphatic carbocycles. The summed E-state index contributed by atoms with van der Waals surface area (Å²) in [6.07, 6.45) is 0.751. The van der Waals surface area contributed by atoms with Crippen LogP contribution in [-0.4, -0.2) is 36.2 Å². The molecule has 0 amide bonds. The molecule has 3 atom stereocenters. The minimum Gasteiger partial charge on any atom is -0.326 e. The molecule has 0 spiro atoms. The normalized spacial score (nSPS) is 18.7. The second-order valence-corrected chi connectivity index (χ2v) is 3.36. The van der Waals surface area contributed by atoms with E-state index >= 15 is 0 Å². The van der Waals surface area contributed by atoms with Crippen molar-refractivity contribution in [3.8, 4) is 0 Å². The van der Waals surface area contributed by atoms with E-state index in [0.29, 0.717) is 0 Å². The molecule has 0 radical (unpaired) electrons. The molecule has 0 bridgehead atoms. The van der Waals surface area contributed by atoms with Crippen LogP contribution in [0.2, 0.25) is 0 Å². The van der Waals surface area contributed by atoms with Gasteiger partial charge in [0.15, 0.2) is 0 Å². The van der Waals surface area contributed by atoms with Crippen molar-refractivity contribution in [2.24, 2.45) is 17.2 Å². The number of nitrogens with zero attached hydrogens (tertiary/aromatic N) is 1. The zero-order valence-electron chi connectivity index (χ0n) is 9.03. The van der Waals surface area contributed by atoms with Crippen molar-refractivity contribution >= 4 is 0 Å². The molecule has 4 nitrogen and oxygen atoms in total. The summed E-state index contributed by atoms with van der Waals surface area (Å²) in [5.74, 6) is 0. The van der Waals surface area contributed by atoms with Gasteiger partial charge in [-0.15, -0.1) is 0 Å². The Morgan fingerprint density at radius 3 is 1.77 bits per heavy atom. The molecule has 0 aromatic carbocycles. The molecule has 0 aromatic rings. The quantitative estimate of drug-likeness (QED) is 0.499. The van der Waals surface area contributed by atoms with Crippen LogP contribution < -0.4 is 17.2 Å². The van der Waals surface area contributed by atoms with Crippen LogP contribution >= 0.6 is 0 Å². The van der Waals surface area contributed by atoms with Crippen LogP contribution in [0.5, 0.6) is 0 Å². The maximum atomic E-state index is 5.98. The molecule has 0 heterocycles. The summed E-state index contributed by atoms with van der Waals surface area (Å²) in [7, 11) is 0. The molecule has 0 aromatic heterocycles. The molecule has 3 unspecified atom stereocenters. The standard InChI is InChI=1S/C9H24N4/c1-4-7(10)8(11)9(12)13(5-2)6-3/h7-9H,4-6,10-12H2,1-3H3. The Labute approximate surface area is 81.4 Å². The molecule has 0 saturated carbocycles. The van der Waals surface area contributed by atoms with Crippen LogP contribution in [0.1, 0.15) is 27.2 Å². The van der Waals surface area contributed by atoms with Gasteiger partial charge in [-0.1, -0.05) is 20.8 Å². The molecule has 0 rings (SSSR count). The van der Waals surface area contributed by atoms with Crippen molar-refractivity contribution < 1.29 is 0 Å². The number of likely N-dealkylation sites (N-methyl/N-ethyl adjacent to an activating group) is 1. The van der Waals surface area contributed by atoms with E-state index in [-0.39, 0.29) is 18.2 Å². The van der Waals surface area contributed by atoms with Crippen molar-refractivity contribution in [2.45, 2.75) is 45.4 Å². The van der Waals surface area contributed by atoms with E-state index in [1.807, 2.05) is 6.92 Å². The summed E-state index contributed by atoms with van der Waals surface area (Å²) < 4.78 is 0. The zero-order chi connectivity index (χ0) is 10.4. The fourth-order valence-electron chi connectivity index (χ4n) is 1.41. The summed E-state index contributed by atoms with van der Waals surface area (Å²) in [4.78, 5) is 2.13. The monoisotopic (exact) mass is 188 g/mol. The predicted molar refractivity (Wildman–Crippen MR) is 57.1 cm³/mol. The fraction of sp³-hybridized carbons (Fsp3) is 1.00. The first-order valence-corrected chi connectivity index (χ1v) is 5.09. The van der Waals surface area contributed by atoms with Gasteiger partial charge in [0.25, 0.3) is 0 Å². The Morgan fingerprint density at radius 2 is 1.46 bits per heavy atom. The predicted octanol–water partition coefficient (Wildman–Crippen LogP) is -0.322. The highest BCUT2D eigenvalue weighted by atomic mass is 15.2. The van der Waals surface area contributed by atoms with E-state index in [4.69, 9.17) is 17.2 Å². The average molecular weight is 188 g/mol. The molecule has 0 aliphatic heterocycles. The zero-order valence-corrected chi connectivity index (χ0v) is 9.03. The van der Waals surface area contributed by atoms with Gasteiger partial charge < -0.3 is 17.2 Å². The van der Waals surface area contributed by atoms with E-state index < -0.39 is 0 Å². The first kappa shape index (κ1) is 12.8. The van der Waals surface area contributed by atoms with Gasteiger partial charge in [-0.05, 0) is 19.5 Å².